The SMILES string of the molecule is O=C(NCCc1cc[nH]c(=O)c1)C1CCCCN1S(=O)(=O)c1ccccc1. The van der Waals surface area contributed by atoms with Crippen molar-refractivity contribution in [2.45, 2.75) is 36.6 Å². The van der Waals surface area contributed by atoms with Gasteiger partial charge in [-0.2, -0.15) is 4.31 Å². The van der Waals surface area contributed by atoms with E-state index in [2.05, 4.69) is 10.3 Å². The summed E-state index contributed by atoms with van der Waals surface area (Å²) >= 11 is 0. The Balaban J connectivity index is 1.67. The summed E-state index contributed by atoms with van der Waals surface area (Å²) in [4.78, 5) is 26.7. The molecule has 1 saturated heterocycles. The summed E-state index contributed by atoms with van der Waals surface area (Å²) < 4.78 is 27.2. The average molecular weight is 389 g/mol. The Morgan fingerprint density at radius 2 is 1.96 bits per heavy atom. The second-order valence-corrected chi connectivity index (χ2v) is 8.43. The summed E-state index contributed by atoms with van der Waals surface area (Å²) in [7, 11) is -3.71. The highest BCUT2D eigenvalue weighted by Crippen LogP contribution is 2.25. The van der Waals surface area contributed by atoms with Crippen LogP contribution in [0.25, 0.3) is 0 Å². The van der Waals surface area contributed by atoms with E-state index in [4.69, 9.17) is 0 Å². The normalized spacial score (nSPS) is 18.1. The van der Waals surface area contributed by atoms with E-state index >= 15 is 0 Å². The second kappa shape index (κ2) is 8.49. The fourth-order valence-electron chi connectivity index (χ4n) is 3.27. The van der Waals surface area contributed by atoms with Crippen LogP contribution in [0.5, 0.6) is 0 Å². The Hall–Kier alpha value is -2.45. The Morgan fingerprint density at radius 3 is 2.70 bits per heavy atom. The molecular weight excluding hydrogens is 366 g/mol. The lowest BCUT2D eigenvalue weighted by molar-refractivity contribution is -0.125. The maximum Gasteiger partial charge on any atom is 0.248 e. The molecule has 2 heterocycles. The number of nitrogens with one attached hydrogen (secondary N) is 2. The number of sulfonamides is 1. The molecule has 1 unspecified atom stereocenters. The molecule has 0 spiro atoms. The molecule has 0 bridgehead atoms. The van der Waals surface area contributed by atoms with Gasteiger partial charge in [0.05, 0.1) is 4.90 Å². The van der Waals surface area contributed by atoms with Gasteiger partial charge in [0.15, 0.2) is 0 Å². The van der Waals surface area contributed by atoms with E-state index in [1.807, 2.05) is 0 Å². The minimum atomic E-state index is -3.71. The number of aromatic amines is 1. The van der Waals surface area contributed by atoms with Gasteiger partial charge in [0.1, 0.15) is 6.04 Å². The van der Waals surface area contributed by atoms with Crippen molar-refractivity contribution in [1.82, 2.24) is 14.6 Å². The van der Waals surface area contributed by atoms with Gasteiger partial charge in [0.25, 0.3) is 0 Å². The van der Waals surface area contributed by atoms with E-state index < -0.39 is 16.1 Å². The number of aromatic nitrogens is 1. The number of H-pyrrole nitrogens is 1. The number of amides is 1. The first-order chi connectivity index (χ1) is 13.0. The van der Waals surface area contributed by atoms with Crippen molar-refractivity contribution in [1.29, 1.82) is 0 Å². The molecule has 1 aromatic carbocycles. The Labute approximate surface area is 158 Å². The number of rotatable bonds is 6. The molecule has 7 nitrogen and oxygen atoms in total. The van der Waals surface area contributed by atoms with Crippen molar-refractivity contribution in [3.05, 3.63) is 64.6 Å². The smallest absolute Gasteiger partial charge is 0.248 e. The molecule has 1 atom stereocenters. The molecule has 8 heteroatoms. The molecule has 3 rings (SSSR count). The van der Waals surface area contributed by atoms with Crippen LogP contribution in [0.15, 0.2) is 58.4 Å². The number of pyridine rings is 1. The van der Waals surface area contributed by atoms with E-state index in [0.29, 0.717) is 25.9 Å². The first kappa shape index (κ1) is 19.3. The molecular formula is C19H23N3O4S. The minimum absolute atomic E-state index is 0.189. The third kappa shape index (κ3) is 4.64. The number of hydrogen-bond donors (Lipinski definition) is 2. The van der Waals surface area contributed by atoms with Gasteiger partial charge in [-0.05, 0) is 43.0 Å². The molecule has 1 aliphatic rings. The van der Waals surface area contributed by atoms with Gasteiger partial charge in [-0.1, -0.05) is 24.6 Å². The monoisotopic (exact) mass is 389 g/mol. The molecule has 0 radical (unpaired) electrons. The quantitative estimate of drug-likeness (QED) is 0.777. The predicted molar refractivity (Wildman–Crippen MR) is 102 cm³/mol. The Kier molecular flexibility index (Phi) is 6.08. The largest absolute Gasteiger partial charge is 0.354 e. The van der Waals surface area contributed by atoms with E-state index in [9.17, 15) is 18.0 Å². The van der Waals surface area contributed by atoms with Gasteiger partial charge in [-0.3, -0.25) is 9.59 Å². The fraction of sp³-hybridized carbons (Fsp3) is 0.368. The van der Waals surface area contributed by atoms with Crippen LogP contribution in [0.1, 0.15) is 24.8 Å². The van der Waals surface area contributed by atoms with E-state index in [0.717, 1.165) is 18.4 Å². The van der Waals surface area contributed by atoms with Crippen LogP contribution in [0.3, 0.4) is 0 Å². The van der Waals surface area contributed by atoms with Crippen molar-refractivity contribution >= 4 is 15.9 Å². The summed E-state index contributed by atoms with van der Waals surface area (Å²) in [6.45, 7) is 0.682. The summed E-state index contributed by atoms with van der Waals surface area (Å²) in [6, 6.07) is 10.8. The predicted octanol–water partition coefficient (Wildman–Crippen LogP) is 1.28. The van der Waals surface area contributed by atoms with E-state index in [1.165, 1.54) is 10.4 Å². The van der Waals surface area contributed by atoms with Gasteiger partial charge in [-0.25, -0.2) is 8.42 Å². The van der Waals surface area contributed by atoms with E-state index in [-0.39, 0.29) is 16.4 Å². The first-order valence-corrected chi connectivity index (χ1v) is 10.4. The summed E-state index contributed by atoms with van der Waals surface area (Å²) in [6.07, 6.45) is 4.13. The molecule has 1 amide bonds. The molecule has 1 fully saturated rings. The van der Waals surface area contributed by atoms with Crippen LogP contribution in [0.4, 0.5) is 0 Å². The lowest BCUT2D eigenvalue weighted by atomic mass is 10.0. The van der Waals surface area contributed by atoms with Gasteiger partial charge in [0, 0.05) is 25.4 Å². The number of carbonyl (C=O) groups excluding carboxylic acids is 1. The number of piperidine rings is 1. The molecule has 1 aliphatic heterocycles. The lowest BCUT2D eigenvalue weighted by Gasteiger charge is -2.33. The zero-order valence-corrected chi connectivity index (χ0v) is 15.7. The van der Waals surface area contributed by atoms with Gasteiger partial charge in [0.2, 0.25) is 21.5 Å². The molecule has 144 valence electrons. The molecule has 1 aromatic heterocycles. The Bertz CT molecular complexity index is 941. The number of benzene rings is 1. The van der Waals surface area contributed by atoms with Crippen molar-refractivity contribution in [3.8, 4) is 0 Å². The highest BCUT2D eigenvalue weighted by molar-refractivity contribution is 7.89. The fourth-order valence-corrected chi connectivity index (χ4v) is 4.95. The maximum atomic E-state index is 12.9. The number of hydrogen-bond acceptors (Lipinski definition) is 4. The third-order valence-electron chi connectivity index (χ3n) is 4.66. The number of carbonyl (C=O) groups is 1. The molecule has 2 N–H and O–H groups in total. The van der Waals surface area contributed by atoms with E-state index in [1.54, 1.807) is 42.6 Å². The van der Waals surface area contributed by atoms with Crippen LogP contribution in [0.2, 0.25) is 0 Å². The lowest BCUT2D eigenvalue weighted by Crippen LogP contribution is -2.52. The van der Waals surface area contributed by atoms with Crippen LogP contribution in [-0.4, -0.2) is 42.7 Å². The zero-order valence-electron chi connectivity index (χ0n) is 14.9. The average Bonchev–Trinajstić information content (AvgIpc) is 2.68. The second-order valence-electron chi connectivity index (χ2n) is 6.54. The molecule has 0 aliphatic carbocycles. The maximum absolute atomic E-state index is 12.9. The van der Waals surface area contributed by atoms with Gasteiger partial charge in [-0.15, -0.1) is 0 Å². The topological polar surface area (TPSA) is 99.3 Å². The molecule has 27 heavy (non-hydrogen) atoms. The van der Waals surface area contributed by atoms with Crippen LogP contribution in [0, 0.1) is 0 Å². The van der Waals surface area contributed by atoms with Crippen LogP contribution >= 0.6 is 0 Å². The minimum Gasteiger partial charge on any atom is -0.354 e. The Morgan fingerprint density at radius 1 is 1.19 bits per heavy atom. The van der Waals surface area contributed by atoms with Crippen molar-refractivity contribution < 1.29 is 13.2 Å². The van der Waals surface area contributed by atoms with Crippen molar-refractivity contribution in [2.75, 3.05) is 13.1 Å². The first-order valence-electron chi connectivity index (χ1n) is 9.01. The van der Waals surface area contributed by atoms with Crippen molar-refractivity contribution in [2.24, 2.45) is 0 Å². The third-order valence-corrected chi connectivity index (χ3v) is 6.58. The van der Waals surface area contributed by atoms with Crippen LogP contribution in [-0.2, 0) is 21.2 Å². The van der Waals surface area contributed by atoms with Crippen LogP contribution < -0.4 is 10.9 Å². The standard InChI is InChI=1S/C19H23N3O4S/c23-18-14-15(9-11-20-18)10-12-21-19(24)17-8-4-5-13-22(17)27(25,26)16-6-2-1-3-7-16/h1-3,6-7,9,11,14,17H,4-5,8,10,12-13H2,(H,20,23)(H,21,24). The van der Waals surface area contributed by atoms with Crippen molar-refractivity contribution in [3.63, 3.8) is 0 Å². The summed E-state index contributed by atoms with van der Waals surface area (Å²) in [5.41, 5.74) is 0.627. The number of nitrogens with zero attached hydrogens (tertiary/aromatic N) is 1. The highest BCUT2D eigenvalue weighted by Gasteiger charge is 2.37. The van der Waals surface area contributed by atoms with Gasteiger partial charge < -0.3 is 10.3 Å². The summed E-state index contributed by atoms with van der Waals surface area (Å²) in [5.74, 6) is -0.293. The highest BCUT2D eigenvalue weighted by atomic mass is 32.2. The van der Waals surface area contributed by atoms with Gasteiger partial charge >= 0.3 is 0 Å². The molecule has 2 aromatic rings. The summed E-state index contributed by atoms with van der Waals surface area (Å²) in [5, 5.41) is 2.82. The molecule has 0 saturated carbocycles. The zero-order chi connectivity index (χ0) is 19.3.